The first kappa shape index (κ1) is 15.6. The first-order valence-electron chi connectivity index (χ1n) is 7.62. The van der Waals surface area contributed by atoms with Crippen LogP contribution in [-0.2, 0) is 13.5 Å². The third-order valence-electron chi connectivity index (χ3n) is 3.50. The zero-order valence-electron chi connectivity index (χ0n) is 13.2. The molecule has 1 heterocycles. The van der Waals surface area contributed by atoms with Gasteiger partial charge in [-0.1, -0.05) is 19.1 Å². The monoisotopic (exact) mass is 287 g/mol. The first-order chi connectivity index (χ1) is 10.2. The molecule has 2 aromatic rings. The Morgan fingerprint density at radius 3 is 2.67 bits per heavy atom. The summed E-state index contributed by atoms with van der Waals surface area (Å²) in [5.74, 6) is 0.922. The topological polar surface area (TPSA) is 39.1 Å². The van der Waals surface area contributed by atoms with Crippen LogP contribution in [0.4, 0.5) is 0 Å². The second kappa shape index (κ2) is 7.84. The van der Waals surface area contributed by atoms with Crippen molar-refractivity contribution < 1.29 is 4.74 Å². The molecule has 1 aromatic heterocycles. The van der Waals surface area contributed by atoms with Crippen molar-refractivity contribution in [3.05, 3.63) is 47.8 Å². The largest absolute Gasteiger partial charge is 0.493 e. The normalized spacial score (nSPS) is 12.3. The SMILES string of the molecule is CCCNC(C)c1ccc(OCCc2cnn(C)c2)cc1. The van der Waals surface area contributed by atoms with E-state index in [0.717, 1.165) is 25.1 Å². The highest BCUT2D eigenvalue weighted by atomic mass is 16.5. The Morgan fingerprint density at radius 1 is 1.29 bits per heavy atom. The number of rotatable bonds is 8. The summed E-state index contributed by atoms with van der Waals surface area (Å²) in [4.78, 5) is 0. The van der Waals surface area contributed by atoms with Gasteiger partial charge in [-0.05, 0) is 43.1 Å². The summed E-state index contributed by atoms with van der Waals surface area (Å²) in [6, 6.07) is 8.74. The lowest BCUT2D eigenvalue weighted by Crippen LogP contribution is -2.19. The molecule has 1 aromatic carbocycles. The Morgan fingerprint density at radius 2 is 2.05 bits per heavy atom. The van der Waals surface area contributed by atoms with Gasteiger partial charge in [0.1, 0.15) is 5.75 Å². The molecule has 0 saturated carbocycles. The van der Waals surface area contributed by atoms with E-state index < -0.39 is 0 Å². The summed E-state index contributed by atoms with van der Waals surface area (Å²) in [6.07, 6.45) is 5.94. The van der Waals surface area contributed by atoms with Crippen LogP contribution in [0.1, 0.15) is 37.4 Å². The van der Waals surface area contributed by atoms with Crippen molar-refractivity contribution in [2.24, 2.45) is 7.05 Å². The number of aryl methyl sites for hydroxylation is 1. The maximum Gasteiger partial charge on any atom is 0.119 e. The second-order valence-corrected chi connectivity index (χ2v) is 5.37. The molecule has 21 heavy (non-hydrogen) atoms. The average molecular weight is 287 g/mol. The molecule has 0 aliphatic heterocycles. The number of aromatic nitrogens is 2. The number of nitrogens with zero attached hydrogens (tertiary/aromatic N) is 2. The van der Waals surface area contributed by atoms with Crippen molar-refractivity contribution in [2.75, 3.05) is 13.2 Å². The lowest BCUT2D eigenvalue weighted by Gasteiger charge is -2.14. The van der Waals surface area contributed by atoms with Gasteiger partial charge in [-0.3, -0.25) is 4.68 Å². The molecule has 4 heteroatoms. The van der Waals surface area contributed by atoms with Gasteiger partial charge in [0, 0.05) is 25.7 Å². The highest BCUT2D eigenvalue weighted by molar-refractivity contribution is 5.29. The summed E-state index contributed by atoms with van der Waals surface area (Å²) in [7, 11) is 1.93. The van der Waals surface area contributed by atoms with Gasteiger partial charge in [0.05, 0.1) is 12.8 Å². The van der Waals surface area contributed by atoms with E-state index in [1.165, 1.54) is 11.1 Å². The zero-order valence-corrected chi connectivity index (χ0v) is 13.2. The first-order valence-corrected chi connectivity index (χ1v) is 7.62. The van der Waals surface area contributed by atoms with E-state index in [0.29, 0.717) is 12.6 Å². The molecule has 1 atom stereocenters. The van der Waals surface area contributed by atoms with Crippen LogP contribution in [0.2, 0.25) is 0 Å². The number of benzene rings is 1. The average Bonchev–Trinajstić information content (AvgIpc) is 2.91. The van der Waals surface area contributed by atoms with Gasteiger partial charge in [-0.15, -0.1) is 0 Å². The Kier molecular flexibility index (Phi) is 5.81. The van der Waals surface area contributed by atoms with E-state index in [2.05, 4.69) is 36.4 Å². The van der Waals surface area contributed by atoms with Gasteiger partial charge in [-0.25, -0.2) is 0 Å². The molecule has 0 radical (unpaired) electrons. The van der Waals surface area contributed by atoms with Crippen LogP contribution in [0.5, 0.6) is 5.75 Å². The van der Waals surface area contributed by atoms with Gasteiger partial charge < -0.3 is 10.1 Å². The molecule has 1 unspecified atom stereocenters. The maximum absolute atomic E-state index is 5.78. The molecular weight excluding hydrogens is 262 g/mol. The molecule has 0 fully saturated rings. The van der Waals surface area contributed by atoms with E-state index in [-0.39, 0.29) is 0 Å². The third kappa shape index (κ3) is 4.90. The minimum Gasteiger partial charge on any atom is -0.493 e. The van der Waals surface area contributed by atoms with Crippen molar-refractivity contribution >= 4 is 0 Å². The van der Waals surface area contributed by atoms with Crippen molar-refractivity contribution in [3.63, 3.8) is 0 Å². The fourth-order valence-corrected chi connectivity index (χ4v) is 2.22. The lowest BCUT2D eigenvalue weighted by molar-refractivity contribution is 0.321. The van der Waals surface area contributed by atoms with E-state index in [9.17, 15) is 0 Å². The van der Waals surface area contributed by atoms with Crippen LogP contribution in [0.3, 0.4) is 0 Å². The number of hydrogen-bond donors (Lipinski definition) is 1. The minimum absolute atomic E-state index is 0.384. The quantitative estimate of drug-likeness (QED) is 0.811. The van der Waals surface area contributed by atoms with Crippen LogP contribution < -0.4 is 10.1 Å². The Hall–Kier alpha value is -1.81. The third-order valence-corrected chi connectivity index (χ3v) is 3.50. The Balaban J connectivity index is 1.79. The van der Waals surface area contributed by atoms with E-state index in [4.69, 9.17) is 4.74 Å². The fraction of sp³-hybridized carbons (Fsp3) is 0.471. The van der Waals surface area contributed by atoms with Crippen LogP contribution in [-0.4, -0.2) is 22.9 Å². The summed E-state index contributed by atoms with van der Waals surface area (Å²) < 4.78 is 7.59. The predicted octanol–water partition coefficient (Wildman–Crippen LogP) is 3.10. The number of hydrogen-bond acceptors (Lipinski definition) is 3. The summed E-state index contributed by atoms with van der Waals surface area (Å²) >= 11 is 0. The molecule has 114 valence electrons. The zero-order chi connectivity index (χ0) is 15.1. The van der Waals surface area contributed by atoms with E-state index in [1.54, 1.807) is 0 Å². The van der Waals surface area contributed by atoms with Crippen LogP contribution in [0.25, 0.3) is 0 Å². The molecule has 0 spiro atoms. The van der Waals surface area contributed by atoms with Crippen LogP contribution >= 0.6 is 0 Å². The summed E-state index contributed by atoms with van der Waals surface area (Å²) in [5.41, 5.74) is 2.49. The van der Waals surface area contributed by atoms with Gasteiger partial charge in [0.2, 0.25) is 0 Å². The van der Waals surface area contributed by atoms with Crippen LogP contribution in [0.15, 0.2) is 36.7 Å². The predicted molar refractivity (Wildman–Crippen MR) is 85.6 cm³/mol. The molecule has 4 nitrogen and oxygen atoms in total. The molecule has 0 amide bonds. The smallest absolute Gasteiger partial charge is 0.119 e. The molecule has 2 rings (SSSR count). The van der Waals surface area contributed by atoms with Gasteiger partial charge in [0.25, 0.3) is 0 Å². The fourth-order valence-electron chi connectivity index (χ4n) is 2.22. The summed E-state index contributed by atoms with van der Waals surface area (Å²) in [5, 5.41) is 7.64. The summed E-state index contributed by atoms with van der Waals surface area (Å²) in [6.45, 7) is 6.09. The second-order valence-electron chi connectivity index (χ2n) is 5.37. The van der Waals surface area contributed by atoms with E-state index in [1.807, 2.05) is 36.3 Å². The molecule has 0 aliphatic rings. The minimum atomic E-state index is 0.384. The number of nitrogens with one attached hydrogen (secondary N) is 1. The highest BCUT2D eigenvalue weighted by Gasteiger charge is 2.04. The maximum atomic E-state index is 5.78. The Labute approximate surface area is 127 Å². The van der Waals surface area contributed by atoms with Crippen molar-refractivity contribution in [3.8, 4) is 5.75 Å². The van der Waals surface area contributed by atoms with E-state index >= 15 is 0 Å². The molecule has 0 saturated heterocycles. The van der Waals surface area contributed by atoms with Gasteiger partial charge >= 0.3 is 0 Å². The molecular formula is C17H25N3O. The van der Waals surface area contributed by atoms with Crippen molar-refractivity contribution in [1.29, 1.82) is 0 Å². The highest BCUT2D eigenvalue weighted by Crippen LogP contribution is 2.17. The van der Waals surface area contributed by atoms with Crippen molar-refractivity contribution in [1.82, 2.24) is 15.1 Å². The lowest BCUT2D eigenvalue weighted by atomic mass is 10.1. The van der Waals surface area contributed by atoms with Gasteiger partial charge in [0.15, 0.2) is 0 Å². The standard InChI is InChI=1S/C17H25N3O/c1-4-10-18-14(2)16-5-7-17(8-6-16)21-11-9-15-12-19-20(3)13-15/h5-8,12-14,18H,4,9-11H2,1-3H3. The van der Waals surface area contributed by atoms with Crippen molar-refractivity contribution in [2.45, 2.75) is 32.7 Å². The van der Waals surface area contributed by atoms with Crippen LogP contribution in [0, 0.1) is 0 Å². The molecule has 0 bridgehead atoms. The number of ether oxygens (including phenoxy) is 1. The Bertz CT molecular complexity index is 533. The van der Waals surface area contributed by atoms with Gasteiger partial charge in [-0.2, -0.15) is 5.10 Å². The molecule has 0 aliphatic carbocycles. The molecule has 1 N–H and O–H groups in total.